The average molecular weight is 243 g/mol. The van der Waals surface area contributed by atoms with E-state index in [1.807, 2.05) is 6.92 Å². The Bertz CT molecular complexity index is 227. The predicted octanol–water partition coefficient (Wildman–Crippen LogP) is 2.71. The van der Waals surface area contributed by atoms with E-state index in [1.54, 1.807) is 0 Å². The van der Waals surface area contributed by atoms with Gasteiger partial charge < -0.3 is 16.3 Å². The van der Waals surface area contributed by atoms with Crippen molar-refractivity contribution >= 4 is 5.84 Å². The maximum atomic E-state index is 8.66. The van der Waals surface area contributed by atoms with Crippen molar-refractivity contribution in [1.82, 2.24) is 5.32 Å². The largest absolute Gasteiger partial charge is 0.409 e. The molecule has 0 heterocycles. The number of amidine groups is 1. The number of oxime groups is 1. The Kier molecular flexibility index (Phi) is 7.96. The van der Waals surface area contributed by atoms with Crippen LogP contribution in [0.3, 0.4) is 0 Å². The highest BCUT2D eigenvalue weighted by Gasteiger charge is 2.20. The zero-order valence-corrected chi connectivity index (χ0v) is 11.8. The van der Waals surface area contributed by atoms with E-state index in [1.165, 1.54) is 25.7 Å². The normalized spacial score (nSPS) is 14.9. The minimum absolute atomic E-state index is 0.0227. The highest BCUT2D eigenvalue weighted by atomic mass is 16.4. The number of nitrogens with zero attached hydrogens (tertiary/aromatic N) is 1. The summed E-state index contributed by atoms with van der Waals surface area (Å²) in [6.07, 6.45) is 5.86. The molecule has 0 bridgehead atoms. The van der Waals surface area contributed by atoms with Crippen molar-refractivity contribution in [3.63, 3.8) is 0 Å². The Hall–Kier alpha value is -0.770. The van der Waals surface area contributed by atoms with Gasteiger partial charge in [-0.05, 0) is 18.3 Å². The maximum absolute atomic E-state index is 8.66. The van der Waals surface area contributed by atoms with Crippen molar-refractivity contribution in [3.05, 3.63) is 0 Å². The topological polar surface area (TPSA) is 70.6 Å². The Labute approximate surface area is 106 Å². The molecule has 0 aromatic rings. The molecule has 0 aliphatic carbocycles. The van der Waals surface area contributed by atoms with Gasteiger partial charge in [-0.15, -0.1) is 0 Å². The van der Waals surface area contributed by atoms with Crippen LogP contribution in [-0.2, 0) is 0 Å². The van der Waals surface area contributed by atoms with Crippen molar-refractivity contribution < 1.29 is 5.21 Å². The van der Waals surface area contributed by atoms with Crippen LogP contribution >= 0.6 is 0 Å². The third-order valence-corrected chi connectivity index (χ3v) is 3.16. The van der Waals surface area contributed by atoms with E-state index < -0.39 is 0 Å². The van der Waals surface area contributed by atoms with Crippen LogP contribution in [0.5, 0.6) is 0 Å². The SMILES string of the molecule is CCCCCC(C)(C)CNC(CC)C(N)=NO. The van der Waals surface area contributed by atoms with Gasteiger partial charge in [0.1, 0.15) is 0 Å². The zero-order chi connectivity index (χ0) is 13.3. The third kappa shape index (κ3) is 7.21. The van der Waals surface area contributed by atoms with E-state index in [0.29, 0.717) is 0 Å². The molecule has 0 aromatic heterocycles. The summed E-state index contributed by atoms with van der Waals surface area (Å²) in [5.74, 6) is 0.275. The lowest BCUT2D eigenvalue weighted by Gasteiger charge is -2.27. The van der Waals surface area contributed by atoms with Crippen LogP contribution < -0.4 is 11.1 Å². The number of rotatable bonds is 9. The fourth-order valence-electron chi connectivity index (χ4n) is 1.87. The molecule has 0 amide bonds. The Balaban J connectivity index is 4.05. The first-order valence-corrected chi connectivity index (χ1v) is 6.67. The number of nitrogens with one attached hydrogen (secondary N) is 1. The van der Waals surface area contributed by atoms with Crippen LogP contribution in [0.1, 0.15) is 59.8 Å². The van der Waals surface area contributed by atoms with Crippen LogP contribution in [0.4, 0.5) is 0 Å². The van der Waals surface area contributed by atoms with Gasteiger partial charge >= 0.3 is 0 Å². The molecule has 0 radical (unpaired) electrons. The van der Waals surface area contributed by atoms with Gasteiger partial charge in [0.05, 0.1) is 6.04 Å². The molecule has 4 heteroatoms. The van der Waals surface area contributed by atoms with Crippen LogP contribution in [0, 0.1) is 5.41 Å². The average Bonchev–Trinajstić information content (AvgIpc) is 2.29. The molecule has 0 fully saturated rings. The molecule has 0 aliphatic rings. The number of hydrogen-bond acceptors (Lipinski definition) is 3. The van der Waals surface area contributed by atoms with E-state index in [0.717, 1.165) is 13.0 Å². The second kappa shape index (κ2) is 8.34. The first-order valence-electron chi connectivity index (χ1n) is 6.67. The molecule has 4 nitrogen and oxygen atoms in total. The summed E-state index contributed by atoms with van der Waals surface area (Å²) in [6.45, 7) is 9.66. The highest BCUT2D eigenvalue weighted by Crippen LogP contribution is 2.22. The Morgan fingerprint density at radius 2 is 2.00 bits per heavy atom. The van der Waals surface area contributed by atoms with Gasteiger partial charge in [-0.25, -0.2) is 0 Å². The molecular weight excluding hydrogens is 214 g/mol. The minimum atomic E-state index is -0.0227. The predicted molar refractivity (Wildman–Crippen MR) is 73.4 cm³/mol. The number of nitrogens with two attached hydrogens (primary N) is 1. The van der Waals surface area contributed by atoms with Crippen LogP contribution in [0.25, 0.3) is 0 Å². The van der Waals surface area contributed by atoms with Crippen LogP contribution in [0.15, 0.2) is 5.16 Å². The van der Waals surface area contributed by atoms with Crippen molar-refractivity contribution in [1.29, 1.82) is 0 Å². The Morgan fingerprint density at radius 3 is 2.47 bits per heavy atom. The molecule has 1 atom stereocenters. The number of unbranched alkanes of at least 4 members (excludes halogenated alkanes) is 2. The van der Waals surface area contributed by atoms with Crippen LogP contribution in [0.2, 0.25) is 0 Å². The summed E-state index contributed by atoms with van der Waals surface area (Å²) in [5.41, 5.74) is 5.88. The monoisotopic (exact) mass is 243 g/mol. The lowest BCUT2D eigenvalue weighted by Crippen LogP contribution is -2.44. The summed E-state index contributed by atoms with van der Waals surface area (Å²) in [4.78, 5) is 0. The van der Waals surface area contributed by atoms with Gasteiger partial charge in [0.15, 0.2) is 5.84 Å². The molecule has 0 aliphatic heterocycles. The highest BCUT2D eigenvalue weighted by molar-refractivity contribution is 5.85. The number of hydrogen-bond donors (Lipinski definition) is 3. The van der Waals surface area contributed by atoms with Gasteiger partial charge in [-0.1, -0.05) is 52.1 Å². The second-order valence-corrected chi connectivity index (χ2v) is 5.49. The maximum Gasteiger partial charge on any atom is 0.156 e. The second-order valence-electron chi connectivity index (χ2n) is 5.49. The third-order valence-electron chi connectivity index (χ3n) is 3.16. The molecule has 17 heavy (non-hydrogen) atoms. The summed E-state index contributed by atoms with van der Waals surface area (Å²) >= 11 is 0. The van der Waals surface area contributed by atoms with Crippen LogP contribution in [-0.4, -0.2) is 23.6 Å². The zero-order valence-electron chi connectivity index (χ0n) is 11.8. The molecule has 0 rings (SSSR count). The fourth-order valence-corrected chi connectivity index (χ4v) is 1.87. The van der Waals surface area contributed by atoms with E-state index in [-0.39, 0.29) is 17.3 Å². The molecule has 0 saturated carbocycles. The van der Waals surface area contributed by atoms with Gasteiger partial charge in [-0.2, -0.15) is 0 Å². The van der Waals surface area contributed by atoms with Gasteiger partial charge in [0.25, 0.3) is 0 Å². The fraction of sp³-hybridized carbons (Fsp3) is 0.923. The van der Waals surface area contributed by atoms with Crippen molar-refractivity contribution in [2.45, 2.75) is 65.8 Å². The standard InChI is InChI=1S/C13H29N3O/c1-5-7-8-9-13(3,4)10-15-11(6-2)12(14)16-17/h11,15,17H,5-10H2,1-4H3,(H2,14,16). The molecule has 1 unspecified atom stereocenters. The molecular formula is C13H29N3O. The van der Waals surface area contributed by atoms with E-state index in [4.69, 9.17) is 10.9 Å². The quantitative estimate of drug-likeness (QED) is 0.192. The van der Waals surface area contributed by atoms with E-state index in [9.17, 15) is 0 Å². The smallest absolute Gasteiger partial charge is 0.156 e. The lowest BCUT2D eigenvalue weighted by molar-refractivity contribution is 0.289. The van der Waals surface area contributed by atoms with Crippen molar-refractivity contribution in [2.24, 2.45) is 16.3 Å². The van der Waals surface area contributed by atoms with E-state index in [2.05, 4.69) is 31.2 Å². The first kappa shape index (κ1) is 16.2. The first-order chi connectivity index (χ1) is 7.96. The summed E-state index contributed by atoms with van der Waals surface area (Å²) in [6, 6.07) is -0.0227. The summed E-state index contributed by atoms with van der Waals surface area (Å²) in [5, 5.41) is 15.1. The van der Waals surface area contributed by atoms with Crippen molar-refractivity contribution in [3.8, 4) is 0 Å². The summed E-state index contributed by atoms with van der Waals surface area (Å²) < 4.78 is 0. The van der Waals surface area contributed by atoms with Crippen molar-refractivity contribution in [2.75, 3.05) is 6.54 Å². The van der Waals surface area contributed by atoms with Gasteiger partial charge in [-0.3, -0.25) is 0 Å². The minimum Gasteiger partial charge on any atom is -0.409 e. The molecule has 0 spiro atoms. The summed E-state index contributed by atoms with van der Waals surface area (Å²) in [7, 11) is 0. The van der Waals surface area contributed by atoms with E-state index >= 15 is 0 Å². The lowest BCUT2D eigenvalue weighted by atomic mass is 9.86. The van der Waals surface area contributed by atoms with Gasteiger partial charge in [0, 0.05) is 6.54 Å². The molecule has 0 saturated heterocycles. The molecule has 0 aromatic carbocycles. The molecule has 4 N–H and O–H groups in total. The Morgan fingerprint density at radius 1 is 1.35 bits per heavy atom. The molecule has 102 valence electrons. The van der Waals surface area contributed by atoms with Gasteiger partial charge in [0.2, 0.25) is 0 Å².